The molecular weight excluding hydrogens is 343 g/mol. The molecule has 0 aliphatic heterocycles. The van der Waals surface area contributed by atoms with E-state index < -0.39 is 7.60 Å². The molecule has 0 fully saturated rings. The largest absolute Gasteiger partial charge is 0.328 e. The van der Waals surface area contributed by atoms with Gasteiger partial charge in [-0.3, -0.25) is 4.57 Å². The van der Waals surface area contributed by atoms with E-state index in [-0.39, 0.29) is 0 Å². The quantitative estimate of drug-likeness (QED) is 0.158. The smallest absolute Gasteiger partial charge is 0.324 e. The van der Waals surface area contributed by atoms with Crippen LogP contribution in [0.4, 0.5) is 0 Å². The highest BCUT2D eigenvalue weighted by Gasteiger charge is 2.17. The van der Waals surface area contributed by atoms with Crippen molar-refractivity contribution in [2.75, 3.05) is 12.8 Å². The maximum Gasteiger partial charge on any atom is 0.328 e. The summed E-state index contributed by atoms with van der Waals surface area (Å²) in [6, 6.07) is 0. The van der Waals surface area contributed by atoms with Crippen LogP contribution in [0.2, 0.25) is 0 Å². The maximum atomic E-state index is 12.0. The van der Waals surface area contributed by atoms with Gasteiger partial charge in [0.2, 0.25) is 0 Å². The third-order valence-electron chi connectivity index (χ3n) is 5.09. The lowest BCUT2D eigenvalue weighted by atomic mass is 10.1. The topological polar surface area (TPSA) is 46.5 Å². The van der Waals surface area contributed by atoms with Crippen molar-refractivity contribution in [3.63, 3.8) is 0 Å². The second-order valence-electron chi connectivity index (χ2n) is 7.85. The van der Waals surface area contributed by atoms with Crippen LogP contribution in [0.25, 0.3) is 0 Å². The summed E-state index contributed by atoms with van der Waals surface area (Å²) in [7, 11) is -3.34. The molecule has 0 rings (SSSR count). The van der Waals surface area contributed by atoms with E-state index in [0.29, 0.717) is 12.8 Å². The second kappa shape index (κ2) is 19.9. The van der Waals surface area contributed by atoms with Gasteiger partial charge in [0.25, 0.3) is 0 Å². The first-order valence-electron chi connectivity index (χ1n) is 11.6. The highest BCUT2D eigenvalue weighted by molar-refractivity contribution is 7.52. The first-order chi connectivity index (χ1) is 12.6. The molecule has 1 unspecified atom stereocenters. The van der Waals surface area contributed by atoms with Crippen molar-refractivity contribution >= 4 is 7.60 Å². The molecule has 26 heavy (non-hydrogen) atoms. The van der Waals surface area contributed by atoms with Gasteiger partial charge in [-0.1, -0.05) is 117 Å². The monoisotopic (exact) mass is 390 g/mol. The predicted molar refractivity (Wildman–Crippen MR) is 115 cm³/mol. The second-order valence-corrected chi connectivity index (χ2v) is 9.83. The van der Waals surface area contributed by atoms with E-state index in [1.807, 2.05) is 0 Å². The highest BCUT2D eigenvalue weighted by atomic mass is 31.2. The van der Waals surface area contributed by atoms with Crippen LogP contribution in [-0.4, -0.2) is 17.7 Å². The molecule has 0 aliphatic carbocycles. The average molecular weight is 391 g/mol. The van der Waals surface area contributed by atoms with E-state index in [9.17, 15) is 9.46 Å². The highest BCUT2D eigenvalue weighted by Crippen LogP contribution is 2.43. The van der Waals surface area contributed by atoms with Crippen molar-refractivity contribution in [1.82, 2.24) is 0 Å². The van der Waals surface area contributed by atoms with Gasteiger partial charge in [-0.2, -0.15) is 0 Å². The Balaban J connectivity index is 3.33. The van der Waals surface area contributed by atoms with Gasteiger partial charge in [-0.05, 0) is 12.8 Å². The summed E-state index contributed by atoms with van der Waals surface area (Å²) >= 11 is 0. The van der Waals surface area contributed by atoms with E-state index in [4.69, 9.17) is 4.52 Å². The third kappa shape index (κ3) is 20.5. The van der Waals surface area contributed by atoms with Gasteiger partial charge >= 0.3 is 7.60 Å². The molecule has 0 saturated carbocycles. The zero-order valence-electron chi connectivity index (χ0n) is 17.9. The Morgan fingerprint density at radius 3 is 1.35 bits per heavy atom. The van der Waals surface area contributed by atoms with Crippen molar-refractivity contribution < 1.29 is 14.0 Å². The van der Waals surface area contributed by atoms with E-state index in [0.717, 1.165) is 25.7 Å². The molecule has 3 nitrogen and oxygen atoms in total. The van der Waals surface area contributed by atoms with Crippen LogP contribution in [0.3, 0.4) is 0 Å². The normalized spacial score (nSPS) is 13.8. The minimum absolute atomic E-state index is 0.334. The summed E-state index contributed by atoms with van der Waals surface area (Å²) in [5.41, 5.74) is 0. The first-order valence-corrected chi connectivity index (χ1v) is 13.3. The fraction of sp³-hybridized carbons (Fsp3) is 1.00. The van der Waals surface area contributed by atoms with Gasteiger partial charge in [-0.25, -0.2) is 0 Å². The maximum absolute atomic E-state index is 12.0. The van der Waals surface area contributed by atoms with Crippen molar-refractivity contribution in [3.8, 4) is 0 Å². The molecule has 0 amide bonds. The summed E-state index contributed by atoms with van der Waals surface area (Å²) in [4.78, 5) is 9.87. The standard InChI is InChI=1S/C22H47O3P/c1-3-5-7-9-11-13-15-17-19-21-25-26(23,24)22-20-18-16-14-12-10-8-6-4-2/h3-22H2,1-2H3,(H,23,24). The van der Waals surface area contributed by atoms with Crippen LogP contribution >= 0.6 is 7.60 Å². The van der Waals surface area contributed by atoms with E-state index in [1.165, 1.54) is 89.9 Å². The Bertz CT molecular complexity index is 321. The molecule has 0 heterocycles. The Morgan fingerprint density at radius 1 is 0.577 bits per heavy atom. The lowest BCUT2D eigenvalue weighted by molar-refractivity contribution is 0.251. The molecule has 1 N–H and O–H groups in total. The summed E-state index contributed by atoms with van der Waals surface area (Å²) in [6.07, 6.45) is 22.6. The molecule has 0 aromatic carbocycles. The van der Waals surface area contributed by atoms with E-state index in [2.05, 4.69) is 13.8 Å². The van der Waals surface area contributed by atoms with E-state index >= 15 is 0 Å². The number of hydrogen-bond acceptors (Lipinski definition) is 2. The molecule has 0 spiro atoms. The average Bonchev–Trinajstić information content (AvgIpc) is 2.62. The van der Waals surface area contributed by atoms with Crippen LogP contribution in [0.5, 0.6) is 0 Å². The van der Waals surface area contributed by atoms with Crippen LogP contribution in [0, 0.1) is 0 Å². The van der Waals surface area contributed by atoms with Crippen molar-refractivity contribution in [2.24, 2.45) is 0 Å². The van der Waals surface area contributed by atoms with Gasteiger partial charge in [0.15, 0.2) is 0 Å². The van der Waals surface area contributed by atoms with Crippen molar-refractivity contribution in [2.45, 2.75) is 129 Å². The van der Waals surface area contributed by atoms with Gasteiger partial charge in [0.1, 0.15) is 0 Å². The Kier molecular flexibility index (Phi) is 20.0. The molecule has 4 heteroatoms. The van der Waals surface area contributed by atoms with Crippen LogP contribution < -0.4 is 0 Å². The van der Waals surface area contributed by atoms with Crippen LogP contribution in [0.1, 0.15) is 129 Å². The molecule has 1 atom stereocenters. The third-order valence-corrected chi connectivity index (χ3v) is 6.55. The minimum Gasteiger partial charge on any atom is -0.324 e. The van der Waals surface area contributed by atoms with E-state index in [1.54, 1.807) is 0 Å². The molecule has 0 aromatic heterocycles. The molecule has 0 aliphatic rings. The summed E-state index contributed by atoms with van der Waals surface area (Å²) in [5.74, 6) is 0. The molecular formula is C22H47O3P. The fourth-order valence-corrected chi connectivity index (χ4v) is 4.47. The Hall–Kier alpha value is 0.150. The zero-order valence-corrected chi connectivity index (χ0v) is 18.7. The summed E-state index contributed by atoms with van der Waals surface area (Å²) in [5, 5.41) is 0. The Morgan fingerprint density at radius 2 is 0.923 bits per heavy atom. The van der Waals surface area contributed by atoms with Gasteiger partial charge in [0, 0.05) is 6.16 Å². The first kappa shape index (κ1) is 26.1. The predicted octanol–water partition coefficient (Wildman–Crippen LogP) is 8.25. The number of unbranched alkanes of at least 4 members (excludes halogenated alkanes) is 16. The summed E-state index contributed by atoms with van der Waals surface area (Å²) in [6.45, 7) is 4.93. The SMILES string of the molecule is CCCCCCCCCCCOP(=O)(O)CCCCCCCCCCC. The fourth-order valence-electron chi connectivity index (χ4n) is 3.31. The molecule has 0 aromatic rings. The zero-order chi connectivity index (χ0) is 19.3. The van der Waals surface area contributed by atoms with Crippen molar-refractivity contribution in [1.29, 1.82) is 0 Å². The Labute approximate surface area is 164 Å². The van der Waals surface area contributed by atoms with Crippen LogP contribution in [-0.2, 0) is 9.09 Å². The summed E-state index contributed by atoms with van der Waals surface area (Å²) < 4.78 is 17.3. The lowest BCUT2D eigenvalue weighted by Gasteiger charge is -2.12. The lowest BCUT2D eigenvalue weighted by Crippen LogP contribution is -1.97. The van der Waals surface area contributed by atoms with Gasteiger partial charge in [0.05, 0.1) is 6.61 Å². The van der Waals surface area contributed by atoms with Gasteiger partial charge < -0.3 is 9.42 Å². The molecule has 0 radical (unpaired) electrons. The molecule has 0 bridgehead atoms. The minimum atomic E-state index is -3.34. The van der Waals surface area contributed by atoms with Gasteiger partial charge in [-0.15, -0.1) is 0 Å². The number of hydrogen-bond donors (Lipinski definition) is 1. The van der Waals surface area contributed by atoms with Crippen LogP contribution in [0.15, 0.2) is 0 Å². The molecule has 158 valence electrons. The van der Waals surface area contributed by atoms with Crippen molar-refractivity contribution in [3.05, 3.63) is 0 Å². The number of rotatable bonds is 21. The molecule has 0 saturated heterocycles.